The standard InChI is InChI=1S/C21H30ClN3O2.ClH/c1-16(17-7-9-23-10-8-17)15-20(26)24-11-2-12-25(14-13-24)21(27)18-3-5-19(22)6-4-18;/h3-6,16-17,23H,2,7-15H2,1H3;1H. The fourth-order valence-electron chi connectivity index (χ4n) is 4.13. The molecule has 5 nitrogen and oxygen atoms in total. The highest BCUT2D eigenvalue weighted by Gasteiger charge is 2.26. The van der Waals surface area contributed by atoms with Gasteiger partial charge in [0.1, 0.15) is 0 Å². The SMILES string of the molecule is CC(CC(=O)N1CCCN(C(=O)c2ccc(Cl)cc2)CC1)C1CCNCC1.Cl. The Labute approximate surface area is 179 Å². The fourth-order valence-corrected chi connectivity index (χ4v) is 4.26. The molecule has 1 N–H and O–H groups in total. The summed E-state index contributed by atoms with van der Waals surface area (Å²) in [5.74, 6) is 1.32. The number of halogens is 2. The van der Waals surface area contributed by atoms with Crippen molar-refractivity contribution in [3.05, 3.63) is 34.9 Å². The number of piperidine rings is 1. The Kier molecular flexibility index (Phi) is 9.06. The molecule has 0 saturated carbocycles. The Bertz CT molecular complexity index is 648. The van der Waals surface area contributed by atoms with Gasteiger partial charge < -0.3 is 15.1 Å². The van der Waals surface area contributed by atoms with E-state index in [1.165, 1.54) is 0 Å². The molecule has 0 aromatic heterocycles. The quantitative estimate of drug-likeness (QED) is 0.799. The molecule has 156 valence electrons. The smallest absolute Gasteiger partial charge is 0.253 e. The third kappa shape index (κ3) is 6.10. The molecule has 2 aliphatic heterocycles. The molecule has 7 heteroatoms. The van der Waals surface area contributed by atoms with E-state index in [2.05, 4.69) is 12.2 Å². The number of nitrogens with zero attached hydrogens (tertiary/aromatic N) is 2. The fraction of sp³-hybridized carbons (Fsp3) is 0.619. The monoisotopic (exact) mass is 427 g/mol. The number of amides is 2. The summed E-state index contributed by atoms with van der Waals surface area (Å²) in [6.45, 7) is 6.98. The summed E-state index contributed by atoms with van der Waals surface area (Å²) in [6.07, 6.45) is 3.78. The van der Waals surface area contributed by atoms with Gasteiger partial charge in [-0.05, 0) is 68.5 Å². The van der Waals surface area contributed by atoms with Crippen molar-refractivity contribution in [1.29, 1.82) is 0 Å². The van der Waals surface area contributed by atoms with E-state index in [0.717, 1.165) is 38.9 Å². The molecular formula is C21H31Cl2N3O2. The maximum absolute atomic E-state index is 12.8. The Hall–Kier alpha value is -1.30. The second-order valence-corrected chi connectivity index (χ2v) is 8.24. The minimum Gasteiger partial charge on any atom is -0.341 e. The molecule has 2 aliphatic rings. The molecule has 2 fully saturated rings. The molecule has 28 heavy (non-hydrogen) atoms. The zero-order chi connectivity index (χ0) is 19.2. The molecule has 2 saturated heterocycles. The summed E-state index contributed by atoms with van der Waals surface area (Å²) in [6, 6.07) is 7.01. The lowest BCUT2D eigenvalue weighted by atomic mass is 9.84. The van der Waals surface area contributed by atoms with Crippen molar-refractivity contribution in [3.63, 3.8) is 0 Å². The van der Waals surface area contributed by atoms with Crippen molar-refractivity contribution in [3.8, 4) is 0 Å². The van der Waals surface area contributed by atoms with Crippen LogP contribution in [0.4, 0.5) is 0 Å². The van der Waals surface area contributed by atoms with Gasteiger partial charge in [-0.15, -0.1) is 12.4 Å². The van der Waals surface area contributed by atoms with Crippen LogP contribution in [0.5, 0.6) is 0 Å². The predicted octanol–water partition coefficient (Wildman–Crippen LogP) is 3.46. The molecule has 1 atom stereocenters. The van der Waals surface area contributed by atoms with E-state index in [1.807, 2.05) is 9.80 Å². The van der Waals surface area contributed by atoms with Gasteiger partial charge in [0, 0.05) is 43.2 Å². The highest BCUT2D eigenvalue weighted by molar-refractivity contribution is 6.30. The van der Waals surface area contributed by atoms with Gasteiger partial charge >= 0.3 is 0 Å². The highest BCUT2D eigenvalue weighted by atomic mass is 35.5. The summed E-state index contributed by atoms with van der Waals surface area (Å²) in [5, 5.41) is 4.01. The average Bonchev–Trinajstić information content (AvgIpc) is 2.95. The van der Waals surface area contributed by atoms with Gasteiger partial charge in [-0.2, -0.15) is 0 Å². The van der Waals surface area contributed by atoms with Crippen molar-refractivity contribution in [2.45, 2.75) is 32.6 Å². The van der Waals surface area contributed by atoms with Gasteiger partial charge in [-0.3, -0.25) is 9.59 Å². The van der Waals surface area contributed by atoms with Gasteiger partial charge in [-0.1, -0.05) is 18.5 Å². The maximum atomic E-state index is 12.8. The van der Waals surface area contributed by atoms with Gasteiger partial charge in [-0.25, -0.2) is 0 Å². The normalized spacial score (nSPS) is 19.5. The number of nitrogens with one attached hydrogen (secondary N) is 1. The maximum Gasteiger partial charge on any atom is 0.253 e. The van der Waals surface area contributed by atoms with E-state index in [0.29, 0.717) is 48.5 Å². The van der Waals surface area contributed by atoms with Crippen LogP contribution < -0.4 is 5.32 Å². The van der Waals surface area contributed by atoms with Gasteiger partial charge in [0.05, 0.1) is 0 Å². The third-order valence-electron chi connectivity index (χ3n) is 5.91. The molecule has 0 bridgehead atoms. The topological polar surface area (TPSA) is 52.7 Å². The van der Waals surface area contributed by atoms with Crippen LogP contribution in [0.3, 0.4) is 0 Å². The largest absolute Gasteiger partial charge is 0.341 e. The molecule has 1 aromatic rings. The molecule has 1 unspecified atom stereocenters. The van der Waals surface area contributed by atoms with Crippen LogP contribution in [-0.2, 0) is 4.79 Å². The first-order valence-electron chi connectivity index (χ1n) is 10.1. The molecule has 0 spiro atoms. The van der Waals surface area contributed by atoms with Crippen molar-refractivity contribution in [2.24, 2.45) is 11.8 Å². The summed E-state index contributed by atoms with van der Waals surface area (Å²) in [4.78, 5) is 29.3. The number of hydrogen-bond acceptors (Lipinski definition) is 3. The zero-order valence-electron chi connectivity index (χ0n) is 16.5. The van der Waals surface area contributed by atoms with Crippen LogP contribution in [0, 0.1) is 11.8 Å². The Balaban J connectivity index is 0.00000280. The van der Waals surface area contributed by atoms with E-state index in [-0.39, 0.29) is 24.2 Å². The summed E-state index contributed by atoms with van der Waals surface area (Å²) in [7, 11) is 0. The Morgan fingerprint density at radius 3 is 2.36 bits per heavy atom. The van der Waals surface area contributed by atoms with E-state index in [9.17, 15) is 9.59 Å². The number of carbonyl (C=O) groups excluding carboxylic acids is 2. The molecule has 0 aliphatic carbocycles. The predicted molar refractivity (Wildman–Crippen MR) is 115 cm³/mol. The minimum absolute atomic E-state index is 0. The summed E-state index contributed by atoms with van der Waals surface area (Å²) in [5.41, 5.74) is 0.652. The van der Waals surface area contributed by atoms with Gasteiger partial charge in [0.15, 0.2) is 0 Å². The van der Waals surface area contributed by atoms with E-state index >= 15 is 0 Å². The summed E-state index contributed by atoms with van der Waals surface area (Å²) < 4.78 is 0. The number of benzene rings is 1. The van der Waals surface area contributed by atoms with E-state index < -0.39 is 0 Å². The van der Waals surface area contributed by atoms with E-state index in [4.69, 9.17) is 11.6 Å². The van der Waals surface area contributed by atoms with Crippen LogP contribution in [0.15, 0.2) is 24.3 Å². The molecular weight excluding hydrogens is 397 g/mol. The van der Waals surface area contributed by atoms with Crippen molar-refractivity contribution in [1.82, 2.24) is 15.1 Å². The lowest BCUT2D eigenvalue weighted by Crippen LogP contribution is -2.39. The van der Waals surface area contributed by atoms with Crippen LogP contribution in [0.25, 0.3) is 0 Å². The lowest BCUT2D eigenvalue weighted by Gasteiger charge is -2.30. The van der Waals surface area contributed by atoms with Crippen LogP contribution >= 0.6 is 24.0 Å². The molecule has 3 rings (SSSR count). The molecule has 2 heterocycles. The van der Waals surface area contributed by atoms with Gasteiger partial charge in [0.25, 0.3) is 5.91 Å². The number of carbonyl (C=O) groups is 2. The average molecular weight is 428 g/mol. The molecule has 0 radical (unpaired) electrons. The van der Waals surface area contributed by atoms with Crippen molar-refractivity contribution in [2.75, 3.05) is 39.3 Å². The van der Waals surface area contributed by atoms with Crippen LogP contribution in [0.1, 0.15) is 43.0 Å². The van der Waals surface area contributed by atoms with Crippen molar-refractivity contribution >= 4 is 35.8 Å². The highest BCUT2D eigenvalue weighted by Crippen LogP contribution is 2.25. The lowest BCUT2D eigenvalue weighted by molar-refractivity contribution is -0.132. The molecule has 2 amide bonds. The summed E-state index contributed by atoms with van der Waals surface area (Å²) >= 11 is 5.91. The number of rotatable bonds is 4. The minimum atomic E-state index is 0. The van der Waals surface area contributed by atoms with Gasteiger partial charge in [0.2, 0.25) is 5.91 Å². The first-order valence-corrected chi connectivity index (χ1v) is 10.5. The van der Waals surface area contributed by atoms with E-state index in [1.54, 1.807) is 24.3 Å². The number of hydrogen-bond donors (Lipinski definition) is 1. The Morgan fingerprint density at radius 1 is 1.07 bits per heavy atom. The third-order valence-corrected chi connectivity index (χ3v) is 6.16. The van der Waals surface area contributed by atoms with Crippen LogP contribution in [-0.4, -0.2) is 60.9 Å². The second-order valence-electron chi connectivity index (χ2n) is 7.80. The second kappa shape index (κ2) is 11.0. The Morgan fingerprint density at radius 2 is 1.68 bits per heavy atom. The van der Waals surface area contributed by atoms with Crippen LogP contribution in [0.2, 0.25) is 5.02 Å². The van der Waals surface area contributed by atoms with Crippen molar-refractivity contribution < 1.29 is 9.59 Å². The first kappa shape index (κ1) is 23.0. The molecule has 1 aromatic carbocycles. The first-order chi connectivity index (χ1) is 13.0. The zero-order valence-corrected chi connectivity index (χ0v) is 18.1.